The van der Waals surface area contributed by atoms with E-state index in [-0.39, 0.29) is 5.78 Å². The number of para-hydroxylation sites is 1. The van der Waals surface area contributed by atoms with Crippen LogP contribution in [0.2, 0.25) is 0 Å². The highest BCUT2D eigenvalue weighted by Gasteiger charge is 2.25. The van der Waals surface area contributed by atoms with Crippen LogP contribution in [0.15, 0.2) is 30.5 Å². The van der Waals surface area contributed by atoms with Crippen LogP contribution in [-0.4, -0.2) is 47.6 Å². The Morgan fingerprint density at radius 1 is 1.12 bits per heavy atom. The highest BCUT2D eigenvalue weighted by atomic mass is 16.5. The van der Waals surface area contributed by atoms with Gasteiger partial charge in [-0.15, -0.1) is 0 Å². The van der Waals surface area contributed by atoms with Crippen molar-refractivity contribution in [2.75, 3.05) is 26.2 Å². The van der Waals surface area contributed by atoms with Gasteiger partial charge in [-0.2, -0.15) is 0 Å². The molecule has 1 saturated carbocycles. The number of piperidine rings is 1. The van der Waals surface area contributed by atoms with E-state index in [1.54, 1.807) is 6.92 Å². The number of nitrogens with zero attached hydrogens (tertiary/aromatic N) is 2. The summed E-state index contributed by atoms with van der Waals surface area (Å²) in [5.74, 6) is 1.01. The van der Waals surface area contributed by atoms with Crippen LogP contribution in [0.3, 0.4) is 0 Å². The first-order valence-corrected chi connectivity index (χ1v) is 10.1. The van der Waals surface area contributed by atoms with Crippen molar-refractivity contribution in [1.82, 2.24) is 9.47 Å². The maximum absolute atomic E-state index is 11.9. The van der Waals surface area contributed by atoms with E-state index in [4.69, 9.17) is 4.74 Å². The molecular formula is C22H30N2O2. The molecule has 0 N–H and O–H groups in total. The Bertz CT molecular complexity index is 755. The van der Waals surface area contributed by atoms with E-state index in [2.05, 4.69) is 27.7 Å². The lowest BCUT2D eigenvalue weighted by Crippen LogP contribution is -2.38. The number of aromatic nitrogens is 1. The Labute approximate surface area is 156 Å². The minimum Gasteiger partial charge on any atom is -0.378 e. The van der Waals surface area contributed by atoms with Crippen LogP contribution in [-0.2, 0) is 11.3 Å². The summed E-state index contributed by atoms with van der Waals surface area (Å²) in [6.45, 7) is 7.04. The fraction of sp³-hybridized carbons (Fsp3) is 0.591. The van der Waals surface area contributed by atoms with Crippen LogP contribution in [0.5, 0.6) is 0 Å². The largest absolute Gasteiger partial charge is 0.378 e. The highest BCUT2D eigenvalue weighted by Crippen LogP contribution is 2.30. The van der Waals surface area contributed by atoms with Gasteiger partial charge in [0.1, 0.15) is 0 Å². The Kier molecular flexibility index (Phi) is 5.41. The third kappa shape index (κ3) is 4.18. The van der Waals surface area contributed by atoms with E-state index in [1.165, 1.54) is 31.2 Å². The fourth-order valence-electron chi connectivity index (χ4n) is 4.03. The van der Waals surface area contributed by atoms with Gasteiger partial charge in [0.15, 0.2) is 5.78 Å². The molecule has 4 heteroatoms. The topological polar surface area (TPSA) is 34.5 Å². The summed E-state index contributed by atoms with van der Waals surface area (Å²) in [6.07, 6.45) is 8.73. The number of aryl methyl sites for hydroxylation is 1. The van der Waals surface area contributed by atoms with Gasteiger partial charge in [0.05, 0.1) is 6.10 Å². The fourth-order valence-corrected chi connectivity index (χ4v) is 4.03. The number of Topliss-reactive ketones (excluding diaryl/α,β-unsaturated/α-hetero) is 1. The second-order valence-electron chi connectivity index (χ2n) is 7.98. The first kappa shape index (κ1) is 17.7. The maximum atomic E-state index is 11.9. The Hall–Kier alpha value is -1.65. The average Bonchev–Trinajstić information content (AvgIpc) is 3.41. The summed E-state index contributed by atoms with van der Waals surface area (Å²) in [5.41, 5.74) is 2.01. The van der Waals surface area contributed by atoms with Crippen LogP contribution in [0.4, 0.5) is 0 Å². The quantitative estimate of drug-likeness (QED) is 0.669. The van der Waals surface area contributed by atoms with Gasteiger partial charge in [-0.3, -0.25) is 4.79 Å². The first-order valence-electron chi connectivity index (χ1n) is 10.1. The number of ether oxygens (including phenoxy) is 1. The normalized spacial score (nSPS) is 19.3. The SMILES string of the molecule is CC(=O)c1cn(CCCN2CCC(OCC3CC3)CC2)c2ccccc12. The molecule has 1 aliphatic carbocycles. The summed E-state index contributed by atoms with van der Waals surface area (Å²) in [6, 6.07) is 8.23. The predicted octanol–water partition coefficient (Wildman–Crippen LogP) is 4.13. The molecule has 4 rings (SSSR count). The Balaban J connectivity index is 1.26. The summed E-state index contributed by atoms with van der Waals surface area (Å²) >= 11 is 0. The zero-order chi connectivity index (χ0) is 17.9. The monoisotopic (exact) mass is 354 g/mol. The minimum atomic E-state index is 0.146. The number of hydrogen-bond acceptors (Lipinski definition) is 3. The summed E-state index contributed by atoms with van der Waals surface area (Å²) in [4.78, 5) is 14.5. The molecule has 0 spiro atoms. The molecule has 0 radical (unpaired) electrons. The molecule has 2 aromatic rings. The summed E-state index contributed by atoms with van der Waals surface area (Å²) < 4.78 is 8.29. The molecule has 1 aliphatic heterocycles. The lowest BCUT2D eigenvalue weighted by molar-refractivity contribution is 0.00220. The molecule has 0 atom stereocenters. The van der Waals surface area contributed by atoms with Crippen molar-refractivity contribution in [2.24, 2.45) is 5.92 Å². The molecule has 4 nitrogen and oxygen atoms in total. The molecule has 0 amide bonds. The zero-order valence-electron chi connectivity index (χ0n) is 15.8. The van der Waals surface area contributed by atoms with Crippen LogP contribution in [0.25, 0.3) is 10.9 Å². The number of benzene rings is 1. The van der Waals surface area contributed by atoms with Crippen molar-refractivity contribution < 1.29 is 9.53 Å². The average molecular weight is 354 g/mol. The molecule has 140 valence electrons. The molecule has 2 aliphatic rings. The molecule has 2 heterocycles. The van der Waals surface area contributed by atoms with Gasteiger partial charge < -0.3 is 14.2 Å². The molecule has 1 aromatic carbocycles. The van der Waals surface area contributed by atoms with Gasteiger partial charge in [0.2, 0.25) is 0 Å². The number of likely N-dealkylation sites (tertiary alicyclic amines) is 1. The van der Waals surface area contributed by atoms with Crippen molar-refractivity contribution in [2.45, 2.75) is 51.7 Å². The third-order valence-electron chi connectivity index (χ3n) is 5.84. The minimum absolute atomic E-state index is 0.146. The molecule has 1 saturated heterocycles. The van der Waals surface area contributed by atoms with Crippen LogP contribution >= 0.6 is 0 Å². The van der Waals surface area contributed by atoms with E-state index in [9.17, 15) is 4.79 Å². The number of rotatable bonds is 8. The van der Waals surface area contributed by atoms with E-state index in [0.717, 1.165) is 56.1 Å². The summed E-state index contributed by atoms with van der Waals surface area (Å²) in [7, 11) is 0. The van der Waals surface area contributed by atoms with Gasteiger partial charge >= 0.3 is 0 Å². The van der Waals surface area contributed by atoms with E-state index < -0.39 is 0 Å². The Morgan fingerprint density at radius 2 is 1.88 bits per heavy atom. The number of carbonyl (C=O) groups excluding carboxylic acids is 1. The van der Waals surface area contributed by atoms with Gasteiger partial charge in [-0.05, 0) is 57.6 Å². The number of carbonyl (C=O) groups is 1. The van der Waals surface area contributed by atoms with E-state index in [1.807, 2.05) is 12.3 Å². The second kappa shape index (κ2) is 7.93. The van der Waals surface area contributed by atoms with Crippen LogP contribution < -0.4 is 0 Å². The lowest BCUT2D eigenvalue weighted by Gasteiger charge is -2.32. The Morgan fingerprint density at radius 3 is 2.62 bits per heavy atom. The first-order chi connectivity index (χ1) is 12.7. The van der Waals surface area contributed by atoms with E-state index >= 15 is 0 Å². The summed E-state index contributed by atoms with van der Waals surface area (Å²) in [5, 5.41) is 1.08. The third-order valence-corrected chi connectivity index (χ3v) is 5.84. The number of fused-ring (bicyclic) bond motifs is 1. The molecule has 0 bridgehead atoms. The van der Waals surface area contributed by atoms with Crippen molar-refractivity contribution in [3.63, 3.8) is 0 Å². The maximum Gasteiger partial charge on any atom is 0.161 e. The highest BCUT2D eigenvalue weighted by molar-refractivity contribution is 6.06. The predicted molar refractivity (Wildman–Crippen MR) is 105 cm³/mol. The van der Waals surface area contributed by atoms with Crippen molar-refractivity contribution in [3.05, 3.63) is 36.0 Å². The van der Waals surface area contributed by atoms with E-state index in [0.29, 0.717) is 6.10 Å². The molecule has 26 heavy (non-hydrogen) atoms. The van der Waals surface area contributed by atoms with Crippen molar-refractivity contribution >= 4 is 16.7 Å². The van der Waals surface area contributed by atoms with Crippen molar-refractivity contribution in [1.29, 1.82) is 0 Å². The lowest BCUT2D eigenvalue weighted by atomic mass is 10.1. The molecule has 2 fully saturated rings. The number of hydrogen-bond donors (Lipinski definition) is 0. The van der Waals surface area contributed by atoms with Gasteiger partial charge in [-0.25, -0.2) is 0 Å². The standard InChI is InChI=1S/C22H30N2O2/c1-17(25)21-15-24(22-6-3-2-5-20(21)22)12-4-11-23-13-9-19(10-14-23)26-16-18-7-8-18/h2-3,5-6,15,18-19H,4,7-14,16H2,1H3. The number of ketones is 1. The smallest absolute Gasteiger partial charge is 0.161 e. The van der Waals surface area contributed by atoms with Gasteiger partial charge in [-0.1, -0.05) is 18.2 Å². The van der Waals surface area contributed by atoms with Crippen LogP contribution in [0, 0.1) is 5.92 Å². The molecular weight excluding hydrogens is 324 g/mol. The molecule has 1 aromatic heterocycles. The van der Waals surface area contributed by atoms with Crippen molar-refractivity contribution in [3.8, 4) is 0 Å². The second-order valence-corrected chi connectivity index (χ2v) is 7.98. The van der Waals surface area contributed by atoms with Gasteiger partial charge in [0.25, 0.3) is 0 Å². The molecule has 0 unspecified atom stereocenters. The van der Waals surface area contributed by atoms with Crippen LogP contribution in [0.1, 0.15) is 49.4 Å². The van der Waals surface area contributed by atoms with Gasteiger partial charge in [0, 0.05) is 48.9 Å². The zero-order valence-corrected chi connectivity index (χ0v) is 15.8.